The van der Waals surface area contributed by atoms with Crippen LogP contribution in [0.2, 0.25) is 0 Å². The van der Waals surface area contributed by atoms with Crippen molar-refractivity contribution in [3.63, 3.8) is 0 Å². The number of nitro groups is 2. The van der Waals surface area contributed by atoms with Crippen LogP contribution < -0.4 is 0 Å². The van der Waals surface area contributed by atoms with Crippen molar-refractivity contribution in [1.29, 1.82) is 0 Å². The van der Waals surface area contributed by atoms with Gasteiger partial charge in [-0.15, -0.1) is 0 Å². The Balaban J connectivity index is 1.51. The van der Waals surface area contributed by atoms with Crippen LogP contribution in [0.1, 0.15) is 22.3 Å². The third-order valence-electron chi connectivity index (χ3n) is 4.52. The van der Waals surface area contributed by atoms with Crippen LogP contribution in [0.15, 0.2) is 97.1 Å². The van der Waals surface area contributed by atoms with Crippen molar-refractivity contribution in [3.05, 3.63) is 140 Å². The van der Waals surface area contributed by atoms with Crippen LogP contribution in [0, 0.1) is 20.2 Å². The molecule has 0 aromatic heterocycles. The van der Waals surface area contributed by atoms with Crippen molar-refractivity contribution in [2.24, 2.45) is 0 Å². The number of hydrogen-bond acceptors (Lipinski definition) is 4. The highest BCUT2D eigenvalue weighted by atomic mass is 16.6. The molecule has 158 valence electrons. The van der Waals surface area contributed by atoms with Crippen molar-refractivity contribution in [2.75, 3.05) is 0 Å². The Kier molecular flexibility index (Phi) is 7.59. The van der Waals surface area contributed by atoms with E-state index in [4.69, 9.17) is 0 Å². The Morgan fingerprint density at radius 3 is 0.875 bits per heavy atom. The van der Waals surface area contributed by atoms with E-state index in [9.17, 15) is 20.2 Å². The SMILES string of the molecule is O=[N+]([O-])c1ccc(/C=C/C=C/c2ccc(/C=C/C=C/c3ccc([N+](=O)[O-])cc3)cc2)cc1. The summed E-state index contributed by atoms with van der Waals surface area (Å²) in [5.41, 5.74) is 4.04. The lowest BCUT2D eigenvalue weighted by Crippen LogP contribution is -1.86. The molecule has 0 atom stereocenters. The van der Waals surface area contributed by atoms with E-state index < -0.39 is 9.85 Å². The Bertz CT molecular complexity index is 1090. The van der Waals surface area contributed by atoms with E-state index in [0.717, 1.165) is 22.3 Å². The largest absolute Gasteiger partial charge is 0.269 e. The molecule has 32 heavy (non-hydrogen) atoms. The fourth-order valence-electron chi connectivity index (χ4n) is 2.80. The summed E-state index contributed by atoms with van der Waals surface area (Å²) in [6.45, 7) is 0. The molecule has 0 aliphatic rings. The Morgan fingerprint density at radius 1 is 0.438 bits per heavy atom. The predicted octanol–water partition coefficient (Wildman–Crippen LogP) is 6.96. The average Bonchev–Trinajstić information content (AvgIpc) is 2.81. The number of nitrogens with zero attached hydrogens (tertiary/aromatic N) is 2. The third-order valence-corrected chi connectivity index (χ3v) is 4.52. The normalized spacial score (nSPS) is 11.8. The quantitative estimate of drug-likeness (QED) is 0.222. The highest BCUT2D eigenvalue weighted by molar-refractivity contribution is 5.61. The molecule has 0 saturated heterocycles. The van der Waals surface area contributed by atoms with Crippen LogP contribution in [-0.2, 0) is 0 Å². The van der Waals surface area contributed by atoms with E-state index in [-0.39, 0.29) is 11.4 Å². The van der Waals surface area contributed by atoms with Crippen molar-refractivity contribution in [2.45, 2.75) is 0 Å². The first-order chi connectivity index (χ1) is 15.5. The number of hydrogen-bond donors (Lipinski definition) is 0. The first kappa shape index (κ1) is 22.1. The van der Waals surface area contributed by atoms with Crippen molar-refractivity contribution in [3.8, 4) is 0 Å². The van der Waals surface area contributed by atoms with Crippen LogP contribution in [0.5, 0.6) is 0 Å². The molecule has 0 aliphatic heterocycles. The first-order valence-electron chi connectivity index (χ1n) is 9.80. The Labute approximate surface area is 185 Å². The van der Waals surface area contributed by atoms with Crippen LogP contribution in [-0.4, -0.2) is 9.85 Å². The maximum atomic E-state index is 10.7. The second kappa shape index (κ2) is 11.0. The van der Waals surface area contributed by atoms with E-state index in [1.165, 1.54) is 24.3 Å². The van der Waals surface area contributed by atoms with Gasteiger partial charge in [-0.1, -0.05) is 72.9 Å². The molecule has 0 fully saturated rings. The fraction of sp³-hybridized carbons (Fsp3) is 0. The number of rotatable bonds is 8. The molecule has 6 heteroatoms. The molecular weight excluding hydrogens is 404 g/mol. The average molecular weight is 424 g/mol. The minimum absolute atomic E-state index is 0.0775. The molecular formula is C26H20N2O4. The van der Waals surface area contributed by atoms with Crippen molar-refractivity contribution in [1.82, 2.24) is 0 Å². The molecule has 0 heterocycles. The van der Waals surface area contributed by atoms with Gasteiger partial charge in [0.05, 0.1) is 9.85 Å². The van der Waals surface area contributed by atoms with Gasteiger partial charge in [0.25, 0.3) is 11.4 Å². The lowest BCUT2D eigenvalue weighted by Gasteiger charge is -1.95. The summed E-state index contributed by atoms with van der Waals surface area (Å²) in [7, 11) is 0. The van der Waals surface area contributed by atoms with Gasteiger partial charge in [0, 0.05) is 24.3 Å². The van der Waals surface area contributed by atoms with E-state index in [1.54, 1.807) is 24.3 Å². The Hall–Kier alpha value is -4.58. The smallest absolute Gasteiger partial charge is 0.258 e. The zero-order chi connectivity index (χ0) is 22.8. The van der Waals surface area contributed by atoms with Gasteiger partial charge in [0.15, 0.2) is 0 Å². The molecule has 0 saturated carbocycles. The summed E-state index contributed by atoms with van der Waals surface area (Å²) >= 11 is 0. The summed E-state index contributed by atoms with van der Waals surface area (Å²) < 4.78 is 0. The molecule has 0 N–H and O–H groups in total. The number of nitro benzene ring substituents is 2. The van der Waals surface area contributed by atoms with Crippen LogP contribution in [0.4, 0.5) is 11.4 Å². The number of allylic oxidation sites excluding steroid dienone is 4. The van der Waals surface area contributed by atoms with Crippen molar-refractivity contribution >= 4 is 35.7 Å². The molecule has 0 bridgehead atoms. The molecule has 0 radical (unpaired) electrons. The molecule has 0 spiro atoms. The topological polar surface area (TPSA) is 86.3 Å². The lowest BCUT2D eigenvalue weighted by molar-refractivity contribution is -0.385. The summed E-state index contributed by atoms with van der Waals surface area (Å²) in [6.07, 6.45) is 15.3. The fourth-order valence-corrected chi connectivity index (χ4v) is 2.80. The van der Waals surface area contributed by atoms with E-state index in [1.807, 2.05) is 72.9 Å². The van der Waals surface area contributed by atoms with Gasteiger partial charge in [0.2, 0.25) is 0 Å². The minimum atomic E-state index is -0.415. The first-order valence-corrected chi connectivity index (χ1v) is 9.80. The van der Waals surface area contributed by atoms with Gasteiger partial charge in [-0.2, -0.15) is 0 Å². The van der Waals surface area contributed by atoms with Crippen LogP contribution in [0.3, 0.4) is 0 Å². The summed E-state index contributed by atoms with van der Waals surface area (Å²) in [5.74, 6) is 0. The van der Waals surface area contributed by atoms with E-state index in [0.29, 0.717) is 0 Å². The molecule has 0 aliphatic carbocycles. The zero-order valence-electron chi connectivity index (χ0n) is 17.1. The van der Waals surface area contributed by atoms with E-state index >= 15 is 0 Å². The standard InChI is InChI=1S/C26H20N2O4/c29-27(30)25-17-13-23(14-18-25)7-3-1-5-21-9-11-22(12-10-21)6-2-4-8-24-15-19-26(20-16-24)28(31)32/h1-20H/b5-1+,6-2+,7-3+,8-4+. The summed E-state index contributed by atoms with van der Waals surface area (Å²) in [5, 5.41) is 21.3. The number of non-ortho nitro benzene ring substituents is 2. The van der Waals surface area contributed by atoms with Crippen LogP contribution >= 0.6 is 0 Å². The zero-order valence-corrected chi connectivity index (χ0v) is 17.1. The van der Waals surface area contributed by atoms with Gasteiger partial charge in [-0.25, -0.2) is 0 Å². The molecule has 0 amide bonds. The highest BCUT2D eigenvalue weighted by Gasteiger charge is 2.02. The predicted molar refractivity (Wildman–Crippen MR) is 129 cm³/mol. The third kappa shape index (κ3) is 6.74. The highest BCUT2D eigenvalue weighted by Crippen LogP contribution is 2.14. The Morgan fingerprint density at radius 2 is 0.656 bits per heavy atom. The molecule has 6 nitrogen and oxygen atoms in total. The van der Waals surface area contributed by atoms with Gasteiger partial charge >= 0.3 is 0 Å². The molecule has 3 rings (SSSR count). The maximum Gasteiger partial charge on any atom is 0.269 e. The molecule has 3 aromatic carbocycles. The van der Waals surface area contributed by atoms with Gasteiger partial charge in [-0.05, 0) is 46.5 Å². The second-order valence-electron chi connectivity index (χ2n) is 6.80. The summed E-state index contributed by atoms with van der Waals surface area (Å²) in [6, 6.07) is 20.8. The molecule has 3 aromatic rings. The molecule has 0 unspecified atom stereocenters. The van der Waals surface area contributed by atoms with E-state index in [2.05, 4.69) is 0 Å². The summed E-state index contributed by atoms with van der Waals surface area (Å²) in [4.78, 5) is 20.5. The minimum Gasteiger partial charge on any atom is -0.258 e. The van der Waals surface area contributed by atoms with Gasteiger partial charge in [0.1, 0.15) is 0 Å². The van der Waals surface area contributed by atoms with Crippen LogP contribution in [0.25, 0.3) is 24.3 Å². The van der Waals surface area contributed by atoms with Gasteiger partial charge in [-0.3, -0.25) is 20.2 Å². The van der Waals surface area contributed by atoms with Crippen molar-refractivity contribution < 1.29 is 9.85 Å². The lowest BCUT2D eigenvalue weighted by atomic mass is 10.1. The van der Waals surface area contributed by atoms with Gasteiger partial charge < -0.3 is 0 Å². The second-order valence-corrected chi connectivity index (χ2v) is 6.80. The monoisotopic (exact) mass is 424 g/mol. The maximum absolute atomic E-state index is 10.7. The number of benzene rings is 3.